The normalized spacial score (nSPS) is 22.1. The van der Waals surface area contributed by atoms with Crippen LogP contribution in [0.15, 0.2) is 6.07 Å². The number of nitrogens with zero attached hydrogens (tertiary/aromatic N) is 1. The second kappa shape index (κ2) is 8.09. The molecule has 0 bridgehead atoms. The van der Waals surface area contributed by atoms with E-state index in [1.54, 1.807) is 6.07 Å². The second-order valence-corrected chi connectivity index (χ2v) is 6.85. The van der Waals surface area contributed by atoms with Gasteiger partial charge in [-0.3, -0.25) is 0 Å². The quantitative estimate of drug-likeness (QED) is 0.728. The molecule has 2 unspecified atom stereocenters. The maximum atomic E-state index is 6.21. The van der Waals surface area contributed by atoms with Gasteiger partial charge in [-0.25, -0.2) is 4.98 Å². The van der Waals surface area contributed by atoms with Crippen LogP contribution < -0.4 is 10.6 Å². The zero-order valence-corrected chi connectivity index (χ0v) is 14.4. The molecule has 5 heteroatoms. The molecule has 0 spiro atoms. The molecule has 2 atom stereocenters. The summed E-state index contributed by atoms with van der Waals surface area (Å²) in [5.41, 5.74) is 0. The Kier molecular flexibility index (Phi) is 6.43. The van der Waals surface area contributed by atoms with Crippen LogP contribution in [-0.4, -0.2) is 18.1 Å². The van der Waals surface area contributed by atoms with Crippen molar-refractivity contribution in [2.75, 3.05) is 23.7 Å². The van der Waals surface area contributed by atoms with Gasteiger partial charge in [-0.05, 0) is 37.7 Å². The van der Waals surface area contributed by atoms with Crippen LogP contribution in [-0.2, 0) is 0 Å². The van der Waals surface area contributed by atoms with Crippen molar-refractivity contribution in [2.45, 2.75) is 46.0 Å². The van der Waals surface area contributed by atoms with E-state index >= 15 is 0 Å². The molecular weight excluding hydrogens is 305 g/mol. The molecule has 0 aliphatic heterocycles. The van der Waals surface area contributed by atoms with Crippen molar-refractivity contribution in [3.8, 4) is 0 Å². The Bertz CT molecular complexity index is 465. The van der Waals surface area contributed by atoms with Gasteiger partial charge in [0.1, 0.15) is 11.6 Å². The summed E-state index contributed by atoms with van der Waals surface area (Å²) in [6, 6.07) is 1.75. The van der Waals surface area contributed by atoms with Crippen LogP contribution in [0.25, 0.3) is 0 Å². The number of hydrogen-bond acceptors (Lipinski definition) is 3. The summed E-state index contributed by atoms with van der Waals surface area (Å²) in [4.78, 5) is 4.47. The van der Waals surface area contributed by atoms with E-state index in [9.17, 15) is 0 Å². The highest BCUT2D eigenvalue weighted by Crippen LogP contribution is 2.32. The highest BCUT2D eigenvalue weighted by molar-refractivity contribution is 6.37. The van der Waals surface area contributed by atoms with Gasteiger partial charge in [0, 0.05) is 13.1 Å². The summed E-state index contributed by atoms with van der Waals surface area (Å²) in [5.74, 6) is 3.13. The molecule has 1 heterocycles. The van der Waals surface area contributed by atoms with Crippen LogP contribution in [0.1, 0.15) is 46.0 Å². The van der Waals surface area contributed by atoms with Crippen LogP contribution in [0.4, 0.5) is 11.6 Å². The molecule has 0 amide bonds. The molecule has 118 valence electrons. The highest BCUT2D eigenvalue weighted by Gasteiger charge is 2.18. The van der Waals surface area contributed by atoms with Crippen molar-refractivity contribution >= 4 is 34.8 Å². The van der Waals surface area contributed by atoms with E-state index < -0.39 is 0 Å². The molecule has 1 aliphatic rings. The van der Waals surface area contributed by atoms with Crippen molar-refractivity contribution in [3.63, 3.8) is 0 Å². The van der Waals surface area contributed by atoms with Gasteiger partial charge in [0.2, 0.25) is 0 Å². The predicted octanol–water partition coefficient (Wildman–Crippen LogP) is 5.45. The molecule has 3 nitrogen and oxygen atoms in total. The minimum Gasteiger partial charge on any atom is -0.369 e. The summed E-state index contributed by atoms with van der Waals surface area (Å²) in [7, 11) is 0. The number of hydrogen-bond donors (Lipinski definition) is 2. The first-order valence-corrected chi connectivity index (χ1v) is 8.69. The third-order valence-electron chi connectivity index (χ3n) is 4.16. The molecule has 21 heavy (non-hydrogen) atoms. The van der Waals surface area contributed by atoms with Crippen LogP contribution in [0.2, 0.25) is 10.0 Å². The lowest BCUT2D eigenvalue weighted by Gasteiger charge is -2.26. The molecule has 0 saturated heterocycles. The topological polar surface area (TPSA) is 37.0 Å². The summed E-state index contributed by atoms with van der Waals surface area (Å²) < 4.78 is 0. The van der Waals surface area contributed by atoms with Gasteiger partial charge in [-0.2, -0.15) is 0 Å². The first-order chi connectivity index (χ1) is 10.1. The van der Waals surface area contributed by atoms with E-state index in [1.165, 1.54) is 32.1 Å². The van der Waals surface area contributed by atoms with Crippen LogP contribution in [0.5, 0.6) is 0 Å². The predicted molar refractivity (Wildman–Crippen MR) is 92.6 cm³/mol. The largest absolute Gasteiger partial charge is 0.369 e. The van der Waals surface area contributed by atoms with Gasteiger partial charge >= 0.3 is 0 Å². The Morgan fingerprint density at radius 3 is 2.57 bits per heavy atom. The van der Waals surface area contributed by atoms with Crippen LogP contribution in [0, 0.1) is 11.8 Å². The zero-order valence-electron chi connectivity index (χ0n) is 12.9. The number of halogens is 2. The lowest BCUT2D eigenvalue weighted by atomic mass is 9.81. The van der Waals surface area contributed by atoms with Gasteiger partial charge in [0.15, 0.2) is 0 Å². The first kappa shape index (κ1) is 16.7. The lowest BCUT2D eigenvalue weighted by Crippen LogP contribution is -2.17. The monoisotopic (exact) mass is 329 g/mol. The number of pyridine rings is 1. The van der Waals surface area contributed by atoms with Crippen LogP contribution >= 0.6 is 23.2 Å². The summed E-state index contributed by atoms with van der Waals surface area (Å²) in [6.45, 7) is 6.08. The smallest absolute Gasteiger partial charge is 0.147 e. The first-order valence-electron chi connectivity index (χ1n) is 7.94. The Balaban J connectivity index is 1.88. The number of anilines is 2. The van der Waals surface area contributed by atoms with E-state index in [4.69, 9.17) is 23.2 Å². The Morgan fingerprint density at radius 1 is 1.19 bits per heavy atom. The van der Waals surface area contributed by atoms with E-state index in [0.29, 0.717) is 15.9 Å². The van der Waals surface area contributed by atoms with Crippen molar-refractivity contribution < 1.29 is 0 Å². The summed E-state index contributed by atoms with van der Waals surface area (Å²) >= 11 is 12.3. The standard InChI is InChI=1S/C16H25Cl2N3/c1-3-19-15-13(17)10-14(18)16(21-15)20-8-7-12-6-4-5-11(2)9-12/h10-12H,3-9H2,1-2H3,(H2,19,20,21). The van der Waals surface area contributed by atoms with Gasteiger partial charge in [0.05, 0.1) is 10.0 Å². The Labute approximate surface area is 137 Å². The molecular formula is C16H25Cl2N3. The number of aromatic nitrogens is 1. The number of nitrogens with one attached hydrogen (secondary N) is 2. The van der Waals surface area contributed by atoms with E-state index in [-0.39, 0.29) is 0 Å². The molecule has 1 saturated carbocycles. The molecule has 2 N–H and O–H groups in total. The van der Waals surface area contributed by atoms with Gasteiger partial charge in [0.25, 0.3) is 0 Å². The van der Waals surface area contributed by atoms with Gasteiger partial charge in [-0.15, -0.1) is 0 Å². The number of rotatable bonds is 6. The SMILES string of the molecule is CCNc1nc(NCCC2CCCC(C)C2)c(Cl)cc1Cl. The molecule has 0 aromatic carbocycles. The van der Waals surface area contributed by atoms with Crippen molar-refractivity contribution in [2.24, 2.45) is 11.8 Å². The maximum absolute atomic E-state index is 6.21. The van der Waals surface area contributed by atoms with Crippen molar-refractivity contribution in [1.29, 1.82) is 0 Å². The fraction of sp³-hybridized carbons (Fsp3) is 0.688. The Hall–Kier alpha value is -0.670. The van der Waals surface area contributed by atoms with Gasteiger partial charge < -0.3 is 10.6 Å². The molecule has 0 radical (unpaired) electrons. The summed E-state index contributed by atoms with van der Waals surface area (Å²) in [5, 5.41) is 7.65. The lowest BCUT2D eigenvalue weighted by molar-refractivity contribution is 0.274. The minimum atomic E-state index is 0.563. The average molecular weight is 330 g/mol. The second-order valence-electron chi connectivity index (χ2n) is 6.03. The fourth-order valence-corrected chi connectivity index (χ4v) is 3.59. The van der Waals surface area contributed by atoms with E-state index in [2.05, 4.69) is 22.5 Å². The maximum Gasteiger partial charge on any atom is 0.147 e. The fourth-order valence-electron chi connectivity index (χ4n) is 3.10. The highest BCUT2D eigenvalue weighted by atomic mass is 35.5. The van der Waals surface area contributed by atoms with Crippen molar-refractivity contribution in [1.82, 2.24) is 4.98 Å². The molecule has 2 rings (SSSR count). The van der Waals surface area contributed by atoms with Crippen LogP contribution in [0.3, 0.4) is 0 Å². The van der Waals surface area contributed by atoms with Gasteiger partial charge in [-0.1, -0.05) is 49.4 Å². The third-order valence-corrected chi connectivity index (χ3v) is 4.74. The van der Waals surface area contributed by atoms with E-state index in [0.717, 1.165) is 30.7 Å². The molecule has 1 aliphatic carbocycles. The third kappa shape index (κ3) is 4.93. The Morgan fingerprint density at radius 2 is 1.90 bits per heavy atom. The van der Waals surface area contributed by atoms with E-state index in [1.807, 2.05) is 6.92 Å². The molecule has 1 aromatic heterocycles. The minimum absolute atomic E-state index is 0.563. The van der Waals surface area contributed by atoms with Crippen molar-refractivity contribution in [3.05, 3.63) is 16.1 Å². The average Bonchev–Trinajstić information content (AvgIpc) is 2.44. The molecule has 1 fully saturated rings. The zero-order chi connectivity index (χ0) is 15.2. The summed E-state index contributed by atoms with van der Waals surface area (Å²) in [6.07, 6.45) is 6.65. The molecule has 1 aromatic rings.